The average molecular weight is 349 g/mol. The molecule has 0 fully saturated rings. The number of fused-ring (bicyclic) bond motifs is 2. The molecule has 0 amide bonds. The van der Waals surface area contributed by atoms with E-state index in [0.29, 0.717) is 27.9 Å². The number of carbonyl (C=O) groups excluding carboxylic acids is 2. The van der Waals surface area contributed by atoms with E-state index in [9.17, 15) is 9.59 Å². The maximum Gasteiger partial charge on any atom is 0.196 e. The van der Waals surface area contributed by atoms with Gasteiger partial charge in [0.2, 0.25) is 0 Å². The molecule has 3 aromatic carbocycles. The molecule has 0 spiro atoms. The van der Waals surface area contributed by atoms with Crippen molar-refractivity contribution in [1.82, 2.24) is 0 Å². The van der Waals surface area contributed by atoms with Crippen LogP contribution in [0.3, 0.4) is 0 Å². The maximum atomic E-state index is 13.2. The van der Waals surface area contributed by atoms with E-state index >= 15 is 0 Å². The smallest absolute Gasteiger partial charge is 0.196 e. The molecule has 0 bridgehead atoms. The van der Waals surface area contributed by atoms with E-state index in [2.05, 4.69) is 0 Å². The summed E-state index contributed by atoms with van der Waals surface area (Å²) in [6, 6.07) is 15.3. The van der Waals surface area contributed by atoms with Crippen LogP contribution in [0.15, 0.2) is 54.6 Å². The van der Waals surface area contributed by atoms with Crippen molar-refractivity contribution in [2.45, 2.75) is 0 Å². The summed E-state index contributed by atoms with van der Waals surface area (Å²) in [4.78, 5) is 26.1. The molecule has 4 nitrogen and oxygen atoms in total. The van der Waals surface area contributed by atoms with Gasteiger partial charge in [-0.25, -0.2) is 0 Å². The number of hydrogen-bond acceptors (Lipinski definition) is 4. The fraction of sp³-hybridized carbons (Fsp3) is 0. The van der Waals surface area contributed by atoms with E-state index in [1.54, 1.807) is 48.5 Å². The number of rotatable bonds is 1. The van der Waals surface area contributed by atoms with Gasteiger partial charge >= 0.3 is 0 Å². The monoisotopic (exact) mass is 348 g/mol. The highest BCUT2D eigenvalue weighted by Crippen LogP contribution is 2.43. The fourth-order valence-electron chi connectivity index (χ4n) is 3.28. The van der Waals surface area contributed by atoms with Crippen molar-refractivity contribution in [3.8, 4) is 11.1 Å². The van der Waals surface area contributed by atoms with Crippen molar-refractivity contribution in [3.05, 3.63) is 81.9 Å². The van der Waals surface area contributed by atoms with E-state index < -0.39 is 0 Å². The van der Waals surface area contributed by atoms with Gasteiger partial charge in [0.1, 0.15) is 0 Å². The molecular formula is C20H13ClN2O2. The third-order valence-electron chi connectivity index (χ3n) is 4.41. The van der Waals surface area contributed by atoms with Crippen LogP contribution in [0.1, 0.15) is 31.8 Å². The second-order valence-electron chi connectivity index (χ2n) is 5.86. The molecule has 1 aliphatic rings. The summed E-state index contributed by atoms with van der Waals surface area (Å²) < 4.78 is 0. The van der Waals surface area contributed by atoms with Crippen LogP contribution >= 0.6 is 11.6 Å². The fourth-order valence-corrected chi connectivity index (χ4v) is 3.59. The normalized spacial score (nSPS) is 12.7. The Morgan fingerprint density at radius 1 is 0.640 bits per heavy atom. The summed E-state index contributed by atoms with van der Waals surface area (Å²) >= 11 is 6.41. The lowest BCUT2D eigenvalue weighted by molar-refractivity contribution is 0.0980. The lowest BCUT2D eigenvalue weighted by atomic mass is 9.79. The number of halogens is 1. The molecular weight excluding hydrogens is 336 g/mol. The van der Waals surface area contributed by atoms with Crippen LogP contribution in [0, 0.1) is 0 Å². The Bertz CT molecular complexity index is 1070. The maximum absolute atomic E-state index is 13.2. The van der Waals surface area contributed by atoms with Crippen LogP contribution in [-0.2, 0) is 0 Å². The van der Waals surface area contributed by atoms with Crippen molar-refractivity contribution < 1.29 is 9.59 Å². The van der Waals surface area contributed by atoms with Crippen LogP contribution < -0.4 is 11.5 Å². The van der Waals surface area contributed by atoms with Gasteiger partial charge in [-0.3, -0.25) is 9.59 Å². The molecule has 0 heterocycles. The van der Waals surface area contributed by atoms with Gasteiger partial charge < -0.3 is 11.5 Å². The Hall–Kier alpha value is -3.11. The molecule has 0 aliphatic heterocycles. The minimum absolute atomic E-state index is 0.186. The predicted molar refractivity (Wildman–Crippen MR) is 99.0 cm³/mol. The SMILES string of the molecule is Nc1ccccc1-c1c(Cl)cc(N)c2c1C(=O)c1ccccc1C2=O. The Morgan fingerprint density at radius 2 is 1.16 bits per heavy atom. The number of carbonyl (C=O) groups is 2. The average Bonchev–Trinajstić information content (AvgIpc) is 2.60. The Morgan fingerprint density at radius 3 is 1.76 bits per heavy atom. The molecule has 122 valence electrons. The van der Waals surface area contributed by atoms with E-state index in [4.69, 9.17) is 23.1 Å². The molecule has 3 aromatic rings. The zero-order valence-corrected chi connectivity index (χ0v) is 13.8. The molecule has 0 saturated heterocycles. The highest BCUT2D eigenvalue weighted by atomic mass is 35.5. The lowest BCUT2D eigenvalue weighted by Crippen LogP contribution is -2.23. The molecule has 4 N–H and O–H groups in total. The van der Waals surface area contributed by atoms with E-state index in [1.807, 2.05) is 0 Å². The first-order chi connectivity index (χ1) is 12.0. The van der Waals surface area contributed by atoms with Crippen molar-refractivity contribution in [2.24, 2.45) is 0 Å². The summed E-state index contributed by atoms with van der Waals surface area (Å²) in [6.45, 7) is 0. The highest BCUT2D eigenvalue weighted by Gasteiger charge is 2.35. The second-order valence-corrected chi connectivity index (χ2v) is 6.27. The van der Waals surface area contributed by atoms with Gasteiger partial charge in [0.25, 0.3) is 0 Å². The lowest BCUT2D eigenvalue weighted by Gasteiger charge is -2.23. The summed E-state index contributed by atoms with van der Waals surface area (Å²) in [6.07, 6.45) is 0. The third-order valence-corrected chi connectivity index (χ3v) is 4.71. The minimum atomic E-state index is -0.282. The summed E-state index contributed by atoms with van der Waals surface area (Å²) in [7, 11) is 0. The van der Waals surface area contributed by atoms with Crippen molar-refractivity contribution >= 4 is 34.5 Å². The largest absolute Gasteiger partial charge is 0.398 e. The summed E-state index contributed by atoms with van der Waals surface area (Å²) in [5.41, 5.74) is 14.9. The van der Waals surface area contributed by atoms with Gasteiger partial charge in [0.15, 0.2) is 11.6 Å². The standard InChI is InChI=1S/C20H13ClN2O2/c21-13-9-15(23)17-18(16(13)12-7-3-4-8-14(12)22)20(25)11-6-2-1-5-10(11)19(17)24/h1-9H,22-23H2. The summed E-state index contributed by atoms with van der Waals surface area (Å²) in [5.74, 6) is -0.562. The zero-order valence-electron chi connectivity index (χ0n) is 13.0. The number of benzene rings is 3. The quantitative estimate of drug-likeness (QED) is 0.510. The number of hydrogen-bond donors (Lipinski definition) is 2. The van der Waals surface area contributed by atoms with Crippen molar-refractivity contribution in [2.75, 3.05) is 11.5 Å². The van der Waals surface area contributed by atoms with Crippen LogP contribution in [0.4, 0.5) is 11.4 Å². The van der Waals surface area contributed by atoms with Crippen LogP contribution in [0.25, 0.3) is 11.1 Å². The van der Waals surface area contributed by atoms with Crippen molar-refractivity contribution in [1.29, 1.82) is 0 Å². The minimum Gasteiger partial charge on any atom is -0.398 e. The number of nitrogens with two attached hydrogens (primary N) is 2. The molecule has 5 heteroatoms. The topological polar surface area (TPSA) is 86.2 Å². The number of ketones is 2. The van der Waals surface area contributed by atoms with Gasteiger partial charge in [0, 0.05) is 39.2 Å². The van der Waals surface area contributed by atoms with Gasteiger partial charge in [-0.1, -0.05) is 54.1 Å². The highest BCUT2D eigenvalue weighted by molar-refractivity contribution is 6.39. The molecule has 1 aliphatic carbocycles. The van der Waals surface area contributed by atoms with Gasteiger partial charge in [-0.15, -0.1) is 0 Å². The Labute approximate surface area is 149 Å². The van der Waals surface area contributed by atoms with Gasteiger partial charge in [-0.2, -0.15) is 0 Å². The summed E-state index contributed by atoms with van der Waals surface area (Å²) in [5, 5.41) is 0.287. The first kappa shape index (κ1) is 15.4. The Balaban J connectivity index is 2.13. The number of anilines is 2. The number of para-hydroxylation sites is 1. The van der Waals surface area contributed by atoms with Gasteiger partial charge in [0.05, 0.1) is 10.6 Å². The van der Waals surface area contributed by atoms with E-state index in [0.717, 1.165) is 0 Å². The molecule has 25 heavy (non-hydrogen) atoms. The van der Waals surface area contributed by atoms with Crippen LogP contribution in [0.2, 0.25) is 5.02 Å². The van der Waals surface area contributed by atoms with Crippen LogP contribution in [0.5, 0.6) is 0 Å². The zero-order chi connectivity index (χ0) is 17.7. The number of nitrogen functional groups attached to an aromatic ring is 2. The molecule has 0 radical (unpaired) electrons. The van der Waals surface area contributed by atoms with Gasteiger partial charge in [-0.05, 0) is 12.1 Å². The second kappa shape index (κ2) is 5.46. The van der Waals surface area contributed by atoms with Crippen LogP contribution in [-0.4, -0.2) is 11.6 Å². The first-order valence-electron chi connectivity index (χ1n) is 7.66. The molecule has 0 unspecified atom stereocenters. The predicted octanol–water partition coefficient (Wildman–Crippen LogP) is 3.95. The van der Waals surface area contributed by atoms with E-state index in [-0.39, 0.29) is 33.4 Å². The molecule has 0 aromatic heterocycles. The molecule has 4 rings (SSSR count). The molecule has 0 atom stereocenters. The Kier molecular flexibility index (Phi) is 3.37. The third kappa shape index (κ3) is 2.15. The van der Waals surface area contributed by atoms with Crippen molar-refractivity contribution in [3.63, 3.8) is 0 Å². The first-order valence-corrected chi connectivity index (χ1v) is 8.03. The van der Waals surface area contributed by atoms with E-state index in [1.165, 1.54) is 6.07 Å². The molecule has 0 saturated carbocycles.